The molecule has 0 spiro atoms. The van der Waals surface area contributed by atoms with Crippen molar-refractivity contribution in [2.24, 2.45) is 0 Å². The molecule has 1 N–H and O–H groups in total. The van der Waals surface area contributed by atoms with Crippen LogP contribution >= 0.6 is 0 Å². The number of rotatable bonds is 2. The largest absolute Gasteiger partial charge is 0.343 e. The van der Waals surface area contributed by atoms with Crippen molar-refractivity contribution in [2.45, 2.75) is 26.2 Å². The van der Waals surface area contributed by atoms with Crippen LogP contribution in [0.5, 0.6) is 0 Å². The van der Waals surface area contributed by atoms with Crippen LogP contribution in [0, 0.1) is 0 Å². The summed E-state index contributed by atoms with van der Waals surface area (Å²) in [6.07, 6.45) is 1.82. The predicted molar refractivity (Wildman–Crippen MR) is 103 cm³/mol. The fraction of sp³-hybridized carbons (Fsp3) is 0.182. The van der Waals surface area contributed by atoms with Gasteiger partial charge in [-0.15, -0.1) is 0 Å². The number of hydrogen-bond acceptors (Lipinski definition) is 2. The molecule has 0 saturated carbocycles. The molecular weight excluding hydrogens is 306 g/mol. The van der Waals surface area contributed by atoms with E-state index in [0.717, 1.165) is 33.5 Å². The number of nitrogens with one attached hydrogen (secondary N) is 1. The zero-order chi connectivity index (χ0) is 17.4. The Bertz CT molecular complexity index is 1020. The van der Waals surface area contributed by atoms with Crippen LogP contribution in [0.4, 0.5) is 0 Å². The summed E-state index contributed by atoms with van der Waals surface area (Å²) in [6, 6.07) is 20.7. The van der Waals surface area contributed by atoms with Crippen LogP contribution in [0.25, 0.3) is 33.5 Å². The molecule has 4 rings (SSSR count). The minimum absolute atomic E-state index is 0.0831. The number of hydrogen-bond donors (Lipinski definition) is 1. The van der Waals surface area contributed by atoms with E-state index in [9.17, 15) is 0 Å². The first-order chi connectivity index (χ1) is 12.0. The lowest BCUT2D eigenvalue weighted by Gasteiger charge is -2.15. The molecule has 0 fully saturated rings. The third-order valence-corrected chi connectivity index (χ3v) is 4.41. The molecule has 4 aromatic rings. The minimum Gasteiger partial charge on any atom is -0.343 e. The van der Waals surface area contributed by atoms with Crippen molar-refractivity contribution in [3.63, 3.8) is 0 Å². The molecular formula is C22H21N3. The Hall–Kier alpha value is -2.94. The fourth-order valence-electron chi connectivity index (χ4n) is 2.94. The van der Waals surface area contributed by atoms with Crippen LogP contribution < -0.4 is 0 Å². The van der Waals surface area contributed by atoms with Gasteiger partial charge in [-0.05, 0) is 36.4 Å². The van der Waals surface area contributed by atoms with Crippen LogP contribution in [0.2, 0.25) is 0 Å². The molecule has 3 aromatic heterocycles. The van der Waals surface area contributed by atoms with E-state index in [0.29, 0.717) is 0 Å². The number of H-pyrrole nitrogens is 1. The summed E-state index contributed by atoms with van der Waals surface area (Å²) in [6.45, 7) is 6.61. The van der Waals surface area contributed by atoms with E-state index in [-0.39, 0.29) is 5.41 Å². The zero-order valence-electron chi connectivity index (χ0n) is 14.7. The number of benzene rings is 1. The van der Waals surface area contributed by atoms with Crippen molar-refractivity contribution >= 4 is 11.0 Å². The Balaban J connectivity index is 1.77. The van der Waals surface area contributed by atoms with E-state index >= 15 is 0 Å². The van der Waals surface area contributed by atoms with Crippen LogP contribution in [0.15, 0.2) is 66.9 Å². The highest BCUT2D eigenvalue weighted by molar-refractivity contribution is 5.81. The molecule has 3 heterocycles. The number of aromatic amines is 1. The standard InChI is InChI=1S/C22H21N3/c1-22(2,3)20-14-17-10-11-19(24-21(17)25-20)16-8-6-7-15(13-16)18-9-4-5-12-23-18/h4-14H,1-3H3,(H,24,25). The van der Waals surface area contributed by atoms with Crippen LogP contribution in [-0.4, -0.2) is 15.0 Å². The van der Waals surface area contributed by atoms with Gasteiger partial charge in [0.1, 0.15) is 5.65 Å². The van der Waals surface area contributed by atoms with Crippen molar-refractivity contribution in [1.29, 1.82) is 0 Å². The number of nitrogens with zero attached hydrogens (tertiary/aromatic N) is 2. The van der Waals surface area contributed by atoms with Crippen molar-refractivity contribution < 1.29 is 0 Å². The van der Waals surface area contributed by atoms with Gasteiger partial charge in [-0.2, -0.15) is 0 Å². The minimum atomic E-state index is 0.0831. The molecule has 0 radical (unpaired) electrons. The first kappa shape index (κ1) is 15.6. The normalized spacial score (nSPS) is 11.8. The quantitative estimate of drug-likeness (QED) is 0.521. The lowest BCUT2D eigenvalue weighted by molar-refractivity contribution is 0.574. The maximum Gasteiger partial charge on any atom is 0.138 e. The molecule has 0 unspecified atom stereocenters. The lowest BCUT2D eigenvalue weighted by atomic mass is 9.92. The summed E-state index contributed by atoms with van der Waals surface area (Å²) in [7, 11) is 0. The molecule has 124 valence electrons. The molecule has 0 aliphatic heterocycles. The average Bonchev–Trinajstić information content (AvgIpc) is 3.06. The van der Waals surface area contributed by atoms with Crippen LogP contribution in [0.3, 0.4) is 0 Å². The first-order valence-corrected chi connectivity index (χ1v) is 8.53. The van der Waals surface area contributed by atoms with Crippen LogP contribution in [0.1, 0.15) is 26.5 Å². The van der Waals surface area contributed by atoms with Crippen molar-refractivity contribution in [2.75, 3.05) is 0 Å². The number of pyridine rings is 2. The molecule has 0 aliphatic carbocycles. The Morgan fingerprint density at radius 3 is 2.32 bits per heavy atom. The van der Waals surface area contributed by atoms with E-state index < -0.39 is 0 Å². The van der Waals surface area contributed by atoms with Gasteiger partial charge in [-0.1, -0.05) is 45.0 Å². The highest BCUT2D eigenvalue weighted by Crippen LogP contribution is 2.28. The maximum absolute atomic E-state index is 4.84. The van der Waals surface area contributed by atoms with Gasteiger partial charge in [0, 0.05) is 33.8 Å². The van der Waals surface area contributed by atoms with E-state index in [1.165, 1.54) is 5.69 Å². The molecule has 25 heavy (non-hydrogen) atoms. The van der Waals surface area contributed by atoms with Gasteiger partial charge in [-0.25, -0.2) is 4.98 Å². The molecule has 3 nitrogen and oxygen atoms in total. The number of aromatic nitrogens is 3. The van der Waals surface area contributed by atoms with E-state index in [1.807, 2.05) is 24.4 Å². The van der Waals surface area contributed by atoms with Crippen molar-refractivity contribution in [3.8, 4) is 22.5 Å². The van der Waals surface area contributed by atoms with Crippen LogP contribution in [-0.2, 0) is 5.41 Å². The van der Waals surface area contributed by atoms with E-state index in [1.54, 1.807) is 0 Å². The van der Waals surface area contributed by atoms with Gasteiger partial charge in [0.2, 0.25) is 0 Å². The fourth-order valence-corrected chi connectivity index (χ4v) is 2.94. The lowest BCUT2D eigenvalue weighted by Crippen LogP contribution is -2.11. The topological polar surface area (TPSA) is 41.6 Å². The van der Waals surface area contributed by atoms with Gasteiger partial charge < -0.3 is 4.98 Å². The Morgan fingerprint density at radius 2 is 1.60 bits per heavy atom. The van der Waals surface area contributed by atoms with Gasteiger partial charge in [0.05, 0.1) is 11.4 Å². The summed E-state index contributed by atoms with van der Waals surface area (Å²) in [5, 5.41) is 1.15. The van der Waals surface area contributed by atoms with Crippen molar-refractivity contribution in [1.82, 2.24) is 15.0 Å². The van der Waals surface area contributed by atoms with E-state index in [4.69, 9.17) is 4.98 Å². The molecule has 3 heteroatoms. The summed E-state index contributed by atoms with van der Waals surface area (Å²) < 4.78 is 0. The van der Waals surface area contributed by atoms with Gasteiger partial charge >= 0.3 is 0 Å². The summed E-state index contributed by atoms with van der Waals surface area (Å²) in [5.41, 5.74) is 6.35. The molecule has 0 amide bonds. The third kappa shape index (κ3) is 3.05. The third-order valence-electron chi connectivity index (χ3n) is 4.41. The highest BCUT2D eigenvalue weighted by Gasteiger charge is 2.17. The van der Waals surface area contributed by atoms with Crippen molar-refractivity contribution in [3.05, 3.63) is 72.6 Å². The highest BCUT2D eigenvalue weighted by atomic mass is 14.9. The van der Waals surface area contributed by atoms with Gasteiger partial charge in [0.15, 0.2) is 0 Å². The maximum atomic E-state index is 4.84. The SMILES string of the molecule is CC(C)(C)c1cc2ccc(-c3cccc(-c4ccccn4)c3)nc2[nH]1. The molecule has 0 atom stereocenters. The molecule has 0 saturated heterocycles. The second kappa shape index (κ2) is 5.85. The summed E-state index contributed by atoms with van der Waals surface area (Å²) in [5.74, 6) is 0. The zero-order valence-corrected chi connectivity index (χ0v) is 14.7. The average molecular weight is 327 g/mol. The Kier molecular flexibility index (Phi) is 3.65. The Morgan fingerprint density at radius 1 is 0.800 bits per heavy atom. The molecule has 0 bridgehead atoms. The smallest absolute Gasteiger partial charge is 0.138 e. The summed E-state index contributed by atoms with van der Waals surface area (Å²) in [4.78, 5) is 12.7. The second-order valence-electron chi connectivity index (χ2n) is 7.36. The van der Waals surface area contributed by atoms with Gasteiger partial charge in [0.25, 0.3) is 0 Å². The monoisotopic (exact) mass is 327 g/mol. The predicted octanol–water partition coefficient (Wildman–Crippen LogP) is 5.59. The Labute approximate surface area is 147 Å². The first-order valence-electron chi connectivity index (χ1n) is 8.53. The van der Waals surface area contributed by atoms with Gasteiger partial charge in [-0.3, -0.25) is 4.98 Å². The molecule has 0 aliphatic rings. The number of fused-ring (bicyclic) bond motifs is 1. The summed E-state index contributed by atoms with van der Waals surface area (Å²) >= 11 is 0. The van der Waals surface area contributed by atoms with E-state index in [2.05, 4.69) is 73.2 Å². The second-order valence-corrected chi connectivity index (χ2v) is 7.36. The molecule has 1 aromatic carbocycles.